The zero-order valence-electron chi connectivity index (χ0n) is 17.3. The zero-order valence-corrected chi connectivity index (χ0v) is 17.3. The first kappa shape index (κ1) is 18.9. The molecular formula is C30H21N. The number of fused-ring (bicyclic) bond motifs is 2. The van der Waals surface area contributed by atoms with Gasteiger partial charge in [0.2, 0.25) is 0 Å². The fourth-order valence-electron chi connectivity index (χ4n) is 4.40. The van der Waals surface area contributed by atoms with Crippen molar-refractivity contribution in [2.45, 2.75) is 6.92 Å². The Morgan fingerprint density at radius 1 is 0.613 bits per heavy atom. The number of nitriles is 1. The minimum absolute atomic E-state index is 0.699. The van der Waals surface area contributed by atoms with Crippen LogP contribution in [-0.4, -0.2) is 0 Å². The van der Waals surface area contributed by atoms with Crippen molar-refractivity contribution >= 4 is 27.6 Å². The average Bonchev–Trinajstić information content (AvgIpc) is 2.83. The Labute approximate surface area is 182 Å². The maximum absolute atomic E-state index is 9.26. The van der Waals surface area contributed by atoms with E-state index in [-0.39, 0.29) is 0 Å². The normalized spacial score (nSPS) is 11.5. The number of rotatable bonds is 3. The molecule has 0 amide bonds. The molecule has 1 heteroatoms. The van der Waals surface area contributed by atoms with E-state index in [1.807, 2.05) is 13.0 Å². The van der Waals surface area contributed by atoms with E-state index < -0.39 is 0 Å². The molecule has 0 aliphatic heterocycles. The third-order valence-electron chi connectivity index (χ3n) is 5.73. The van der Waals surface area contributed by atoms with Crippen molar-refractivity contribution in [2.24, 2.45) is 0 Å². The van der Waals surface area contributed by atoms with Gasteiger partial charge in [-0.15, -0.1) is 0 Å². The van der Waals surface area contributed by atoms with Crippen LogP contribution in [0.3, 0.4) is 0 Å². The van der Waals surface area contributed by atoms with Crippen molar-refractivity contribution in [3.63, 3.8) is 0 Å². The molecule has 146 valence electrons. The van der Waals surface area contributed by atoms with Gasteiger partial charge in [-0.2, -0.15) is 5.26 Å². The van der Waals surface area contributed by atoms with E-state index in [1.54, 1.807) is 0 Å². The lowest BCUT2D eigenvalue weighted by Gasteiger charge is -2.18. The molecule has 0 aliphatic carbocycles. The summed E-state index contributed by atoms with van der Waals surface area (Å²) >= 11 is 0. The molecule has 0 aromatic heterocycles. The number of allylic oxidation sites excluding steroid dienone is 1. The van der Waals surface area contributed by atoms with Gasteiger partial charge in [-0.25, -0.2) is 0 Å². The first-order valence-corrected chi connectivity index (χ1v) is 10.4. The van der Waals surface area contributed by atoms with E-state index in [0.717, 1.165) is 5.56 Å². The molecule has 0 bridgehead atoms. The zero-order chi connectivity index (χ0) is 21.2. The SMILES string of the molecule is C/C(C#N)=C/c1ccc2c(-c3ccccc3)c3ccccc3c(-c3ccccc3)c2c1. The van der Waals surface area contributed by atoms with Gasteiger partial charge in [0.05, 0.1) is 6.07 Å². The summed E-state index contributed by atoms with van der Waals surface area (Å²) in [6.07, 6.45) is 1.95. The molecule has 5 aromatic carbocycles. The van der Waals surface area contributed by atoms with Crippen LogP contribution in [0, 0.1) is 11.3 Å². The number of benzene rings is 5. The summed E-state index contributed by atoms with van der Waals surface area (Å²) in [6.45, 7) is 1.85. The van der Waals surface area contributed by atoms with E-state index in [2.05, 4.69) is 109 Å². The third kappa shape index (κ3) is 3.39. The Morgan fingerprint density at radius 2 is 1.10 bits per heavy atom. The van der Waals surface area contributed by atoms with Crippen LogP contribution in [0.1, 0.15) is 12.5 Å². The summed E-state index contributed by atoms with van der Waals surface area (Å²) in [6, 6.07) is 38.6. The predicted octanol–water partition coefficient (Wildman–Crippen LogP) is 8.25. The number of hydrogen-bond donors (Lipinski definition) is 0. The van der Waals surface area contributed by atoms with Crippen LogP contribution in [0.2, 0.25) is 0 Å². The van der Waals surface area contributed by atoms with Gasteiger partial charge in [0.25, 0.3) is 0 Å². The minimum atomic E-state index is 0.699. The molecule has 5 rings (SSSR count). The molecule has 0 spiro atoms. The summed E-state index contributed by atoms with van der Waals surface area (Å²) in [5.41, 5.74) is 6.62. The third-order valence-corrected chi connectivity index (χ3v) is 5.73. The fourth-order valence-corrected chi connectivity index (χ4v) is 4.40. The largest absolute Gasteiger partial charge is 0.193 e. The molecule has 0 heterocycles. The van der Waals surface area contributed by atoms with Crippen LogP contribution >= 0.6 is 0 Å². The molecule has 1 nitrogen and oxygen atoms in total. The average molecular weight is 396 g/mol. The fraction of sp³-hybridized carbons (Fsp3) is 0.0333. The number of nitrogens with zero attached hydrogens (tertiary/aromatic N) is 1. The molecule has 5 aromatic rings. The molecule has 0 saturated heterocycles. The molecule has 31 heavy (non-hydrogen) atoms. The van der Waals surface area contributed by atoms with Gasteiger partial charge in [0, 0.05) is 5.57 Å². The highest BCUT2D eigenvalue weighted by Crippen LogP contribution is 2.43. The van der Waals surface area contributed by atoms with Gasteiger partial charge in [-0.1, -0.05) is 97.1 Å². The summed E-state index contributed by atoms with van der Waals surface area (Å²) in [7, 11) is 0. The lowest BCUT2D eigenvalue weighted by atomic mass is 9.85. The second-order valence-electron chi connectivity index (χ2n) is 7.77. The maximum Gasteiger partial charge on any atom is 0.0944 e. The summed E-state index contributed by atoms with van der Waals surface area (Å²) in [5, 5.41) is 14.2. The van der Waals surface area contributed by atoms with Crippen LogP contribution in [0.15, 0.2) is 109 Å². The topological polar surface area (TPSA) is 23.8 Å². The number of hydrogen-bond acceptors (Lipinski definition) is 1. The van der Waals surface area contributed by atoms with Crippen LogP contribution in [0.25, 0.3) is 49.9 Å². The second-order valence-corrected chi connectivity index (χ2v) is 7.77. The van der Waals surface area contributed by atoms with Crippen molar-refractivity contribution in [3.05, 3.63) is 114 Å². The summed E-state index contributed by atoms with van der Waals surface area (Å²) in [4.78, 5) is 0. The summed E-state index contributed by atoms with van der Waals surface area (Å²) < 4.78 is 0. The molecule has 0 radical (unpaired) electrons. The quantitative estimate of drug-likeness (QED) is 0.223. The van der Waals surface area contributed by atoms with Gasteiger partial charge in [0.1, 0.15) is 0 Å². The van der Waals surface area contributed by atoms with Gasteiger partial charge in [0.15, 0.2) is 0 Å². The first-order valence-electron chi connectivity index (χ1n) is 10.4. The first-order chi connectivity index (χ1) is 15.3. The Kier molecular flexibility index (Phi) is 4.83. The van der Waals surface area contributed by atoms with Crippen LogP contribution < -0.4 is 0 Å². The highest BCUT2D eigenvalue weighted by molar-refractivity contribution is 6.21. The molecular weight excluding hydrogens is 374 g/mol. The molecule has 0 fully saturated rings. The van der Waals surface area contributed by atoms with E-state index in [0.29, 0.717) is 5.57 Å². The molecule has 0 N–H and O–H groups in total. The van der Waals surface area contributed by atoms with Crippen molar-refractivity contribution < 1.29 is 0 Å². The van der Waals surface area contributed by atoms with Crippen molar-refractivity contribution in [3.8, 4) is 28.3 Å². The molecule has 0 saturated carbocycles. The van der Waals surface area contributed by atoms with Crippen molar-refractivity contribution in [1.29, 1.82) is 5.26 Å². The van der Waals surface area contributed by atoms with E-state index in [9.17, 15) is 5.26 Å². The highest BCUT2D eigenvalue weighted by Gasteiger charge is 2.16. The van der Waals surface area contributed by atoms with Crippen LogP contribution in [0.5, 0.6) is 0 Å². The van der Waals surface area contributed by atoms with Crippen LogP contribution in [-0.2, 0) is 0 Å². The Morgan fingerprint density at radius 3 is 1.65 bits per heavy atom. The van der Waals surface area contributed by atoms with E-state index >= 15 is 0 Å². The Balaban J connectivity index is 1.98. The lowest BCUT2D eigenvalue weighted by molar-refractivity contribution is 1.46. The Bertz CT molecular complexity index is 1470. The molecule has 0 unspecified atom stereocenters. The molecule has 0 atom stereocenters. The Hall–Kier alpha value is -4.15. The van der Waals surface area contributed by atoms with Crippen molar-refractivity contribution in [1.82, 2.24) is 0 Å². The van der Waals surface area contributed by atoms with E-state index in [4.69, 9.17) is 0 Å². The predicted molar refractivity (Wildman–Crippen MR) is 132 cm³/mol. The van der Waals surface area contributed by atoms with Gasteiger partial charge >= 0.3 is 0 Å². The smallest absolute Gasteiger partial charge is 0.0944 e. The van der Waals surface area contributed by atoms with E-state index in [1.165, 1.54) is 43.8 Å². The maximum atomic E-state index is 9.26. The second kappa shape index (κ2) is 7.94. The van der Waals surface area contributed by atoms with Gasteiger partial charge in [-0.05, 0) is 68.4 Å². The van der Waals surface area contributed by atoms with Gasteiger partial charge in [-0.3, -0.25) is 0 Å². The minimum Gasteiger partial charge on any atom is -0.193 e. The lowest BCUT2D eigenvalue weighted by Crippen LogP contribution is -1.91. The molecule has 0 aliphatic rings. The van der Waals surface area contributed by atoms with Crippen molar-refractivity contribution in [2.75, 3.05) is 0 Å². The standard InChI is InChI=1S/C30H21N/c1-21(20-31)18-22-16-17-27-28(19-22)30(24-12-6-3-7-13-24)26-15-9-8-14-25(26)29(27)23-10-4-2-5-11-23/h2-19H,1H3/b21-18-. The summed E-state index contributed by atoms with van der Waals surface area (Å²) in [5.74, 6) is 0. The highest BCUT2D eigenvalue weighted by atomic mass is 14.2. The van der Waals surface area contributed by atoms with Gasteiger partial charge < -0.3 is 0 Å². The van der Waals surface area contributed by atoms with Crippen LogP contribution in [0.4, 0.5) is 0 Å². The monoisotopic (exact) mass is 395 g/mol.